The molecule has 8 heteroatoms. The molecule has 1 aliphatic rings. The molecule has 33 heavy (non-hydrogen) atoms. The first-order chi connectivity index (χ1) is 16.1. The van der Waals surface area contributed by atoms with E-state index in [1.54, 1.807) is 31.4 Å². The number of nitrogens with one attached hydrogen (secondary N) is 2. The van der Waals surface area contributed by atoms with Crippen molar-refractivity contribution in [3.8, 4) is 11.5 Å². The highest BCUT2D eigenvalue weighted by molar-refractivity contribution is 6.08. The number of benzene rings is 2. The summed E-state index contributed by atoms with van der Waals surface area (Å²) in [7, 11) is 3.06. The Labute approximate surface area is 195 Å². The number of hydrogen-bond donors (Lipinski definition) is 2. The Hall–Kier alpha value is -3.26. The second-order valence-corrected chi connectivity index (χ2v) is 7.75. The minimum absolute atomic E-state index is 0.161. The lowest BCUT2D eigenvalue weighted by atomic mass is 10.1. The van der Waals surface area contributed by atoms with Gasteiger partial charge in [0.1, 0.15) is 11.5 Å². The lowest BCUT2D eigenvalue weighted by Crippen LogP contribution is -2.29. The average Bonchev–Trinajstić information content (AvgIpc) is 3.38. The molecule has 1 fully saturated rings. The van der Waals surface area contributed by atoms with Crippen molar-refractivity contribution >= 4 is 23.2 Å². The molecular weight excluding hydrogens is 422 g/mol. The van der Waals surface area contributed by atoms with Crippen molar-refractivity contribution in [1.82, 2.24) is 5.32 Å². The second kappa shape index (κ2) is 12.1. The SMILES string of the molecule is CCOCCCNC(=O)c1cc(NC(=O)c2ccc(OC)cc2OC)ccc1N1CCCC1. The summed E-state index contributed by atoms with van der Waals surface area (Å²) < 4.78 is 15.9. The van der Waals surface area contributed by atoms with Gasteiger partial charge in [-0.05, 0) is 56.5 Å². The highest BCUT2D eigenvalue weighted by Crippen LogP contribution is 2.29. The van der Waals surface area contributed by atoms with Crippen LogP contribution in [0.15, 0.2) is 36.4 Å². The van der Waals surface area contributed by atoms with Crippen molar-refractivity contribution in [3.63, 3.8) is 0 Å². The van der Waals surface area contributed by atoms with Crippen molar-refractivity contribution in [1.29, 1.82) is 0 Å². The summed E-state index contributed by atoms with van der Waals surface area (Å²) >= 11 is 0. The van der Waals surface area contributed by atoms with Crippen LogP contribution in [0.1, 0.15) is 46.9 Å². The van der Waals surface area contributed by atoms with E-state index in [2.05, 4.69) is 15.5 Å². The maximum absolute atomic E-state index is 13.0. The fourth-order valence-electron chi connectivity index (χ4n) is 3.83. The summed E-state index contributed by atoms with van der Waals surface area (Å²) in [4.78, 5) is 28.2. The Morgan fingerprint density at radius 2 is 1.76 bits per heavy atom. The third kappa shape index (κ3) is 6.38. The van der Waals surface area contributed by atoms with Gasteiger partial charge in [0.05, 0.1) is 25.3 Å². The molecule has 0 bridgehead atoms. The Kier molecular flexibility index (Phi) is 8.95. The standard InChI is InChI=1S/C25H33N3O5/c1-4-33-15-7-12-26-24(29)21-16-18(8-11-22(21)28-13-5-6-14-28)27-25(30)20-10-9-19(31-2)17-23(20)32-3/h8-11,16-17H,4-7,12-15H2,1-3H3,(H,26,29)(H,27,30). The number of hydrogen-bond acceptors (Lipinski definition) is 6. The van der Waals surface area contributed by atoms with Gasteiger partial charge in [0.25, 0.3) is 11.8 Å². The summed E-state index contributed by atoms with van der Waals surface area (Å²) in [5.74, 6) is 0.521. The van der Waals surface area contributed by atoms with Crippen LogP contribution in [0.4, 0.5) is 11.4 Å². The van der Waals surface area contributed by atoms with Crippen LogP contribution in [-0.4, -0.2) is 58.9 Å². The third-order valence-electron chi connectivity index (χ3n) is 5.55. The predicted molar refractivity (Wildman–Crippen MR) is 129 cm³/mol. The molecule has 1 saturated heterocycles. The fraction of sp³-hybridized carbons (Fsp3) is 0.440. The number of rotatable bonds is 11. The van der Waals surface area contributed by atoms with Gasteiger partial charge < -0.3 is 29.7 Å². The molecule has 3 rings (SSSR count). The van der Waals surface area contributed by atoms with Gasteiger partial charge in [-0.2, -0.15) is 0 Å². The third-order valence-corrected chi connectivity index (χ3v) is 5.55. The van der Waals surface area contributed by atoms with E-state index in [-0.39, 0.29) is 11.8 Å². The summed E-state index contributed by atoms with van der Waals surface area (Å²) in [6, 6.07) is 10.5. The molecule has 0 saturated carbocycles. The first kappa shape index (κ1) is 24.4. The monoisotopic (exact) mass is 455 g/mol. The van der Waals surface area contributed by atoms with E-state index in [4.69, 9.17) is 14.2 Å². The zero-order valence-electron chi connectivity index (χ0n) is 19.6. The molecule has 0 radical (unpaired) electrons. The maximum atomic E-state index is 13.0. The number of ether oxygens (including phenoxy) is 3. The van der Waals surface area contributed by atoms with Crippen molar-refractivity contribution in [2.24, 2.45) is 0 Å². The molecule has 0 atom stereocenters. The smallest absolute Gasteiger partial charge is 0.259 e. The van der Waals surface area contributed by atoms with E-state index < -0.39 is 0 Å². The summed E-state index contributed by atoms with van der Waals surface area (Å²) in [5, 5.41) is 5.86. The molecule has 2 aromatic carbocycles. The first-order valence-electron chi connectivity index (χ1n) is 11.4. The molecule has 2 amide bonds. The molecule has 2 aromatic rings. The molecule has 2 N–H and O–H groups in total. The predicted octanol–water partition coefficient (Wildman–Crippen LogP) is 3.71. The van der Waals surface area contributed by atoms with E-state index in [0.717, 1.165) is 38.0 Å². The topological polar surface area (TPSA) is 89.1 Å². The van der Waals surface area contributed by atoms with Gasteiger partial charge in [0.2, 0.25) is 0 Å². The van der Waals surface area contributed by atoms with Crippen molar-refractivity contribution in [2.75, 3.05) is 57.3 Å². The van der Waals surface area contributed by atoms with E-state index in [0.29, 0.717) is 48.1 Å². The number of methoxy groups -OCH3 is 2. The maximum Gasteiger partial charge on any atom is 0.259 e. The minimum atomic E-state index is -0.327. The zero-order chi connectivity index (χ0) is 23.6. The van der Waals surface area contributed by atoms with Crippen molar-refractivity contribution in [2.45, 2.75) is 26.2 Å². The van der Waals surface area contributed by atoms with Gasteiger partial charge in [-0.3, -0.25) is 9.59 Å². The number of carbonyl (C=O) groups is 2. The quantitative estimate of drug-likeness (QED) is 0.502. The molecule has 1 heterocycles. The van der Waals surface area contributed by atoms with E-state index in [1.165, 1.54) is 7.11 Å². The normalized spacial score (nSPS) is 13.0. The lowest BCUT2D eigenvalue weighted by Gasteiger charge is -2.22. The largest absolute Gasteiger partial charge is 0.497 e. The van der Waals surface area contributed by atoms with Gasteiger partial charge in [0.15, 0.2) is 0 Å². The number of nitrogens with zero attached hydrogens (tertiary/aromatic N) is 1. The van der Waals surface area contributed by atoms with Crippen LogP contribution in [-0.2, 0) is 4.74 Å². The van der Waals surface area contributed by atoms with Crippen LogP contribution in [0.25, 0.3) is 0 Å². The lowest BCUT2D eigenvalue weighted by molar-refractivity contribution is 0.0943. The molecule has 0 aromatic heterocycles. The molecule has 8 nitrogen and oxygen atoms in total. The first-order valence-corrected chi connectivity index (χ1v) is 11.4. The highest BCUT2D eigenvalue weighted by Gasteiger charge is 2.21. The van der Waals surface area contributed by atoms with Crippen LogP contribution in [0, 0.1) is 0 Å². The molecular formula is C25H33N3O5. The van der Waals surface area contributed by atoms with Gasteiger partial charge >= 0.3 is 0 Å². The molecule has 0 aliphatic carbocycles. The van der Waals surface area contributed by atoms with Crippen LogP contribution >= 0.6 is 0 Å². The highest BCUT2D eigenvalue weighted by atomic mass is 16.5. The van der Waals surface area contributed by atoms with E-state index in [9.17, 15) is 9.59 Å². The van der Waals surface area contributed by atoms with Crippen molar-refractivity contribution < 1.29 is 23.8 Å². The van der Waals surface area contributed by atoms with Crippen molar-refractivity contribution in [3.05, 3.63) is 47.5 Å². The van der Waals surface area contributed by atoms with Gasteiger partial charge in [0, 0.05) is 50.3 Å². The van der Waals surface area contributed by atoms with E-state index >= 15 is 0 Å². The Bertz CT molecular complexity index is 957. The van der Waals surface area contributed by atoms with Gasteiger partial charge in [-0.1, -0.05) is 0 Å². The molecule has 178 valence electrons. The van der Waals surface area contributed by atoms with Crippen LogP contribution in [0.2, 0.25) is 0 Å². The number of carbonyl (C=O) groups excluding carboxylic acids is 2. The number of anilines is 2. The Morgan fingerprint density at radius 3 is 2.45 bits per heavy atom. The summed E-state index contributed by atoms with van der Waals surface area (Å²) in [6.45, 7) is 5.57. The summed E-state index contributed by atoms with van der Waals surface area (Å²) in [6.07, 6.45) is 2.95. The minimum Gasteiger partial charge on any atom is -0.497 e. The van der Waals surface area contributed by atoms with Crippen LogP contribution in [0.5, 0.6) is 11.5 Å². The zero-order valence-corrected chi connectivity index (χ0v) is 19.6. The van der Waals surface area contributed by atoms with E-state index in [1.807, 2.05) is 19.1 Å². The Balaban J connectivity index is 1.79. The fourth-order valence-corrected chi connectivity index (χ4v) is 3.83. The number of amides is 2. The molecule has 1 aliphatic heterocycles. The van der Waals surface area contributed by atoms with Gasteiger partial charge in [-0.25, -0.2) is 0 Å². The molecule has 0 unspecified atom stereocenters. The van der Waals surface area contributed by atoms with Gasteiger partial charge in [-0.15, -0.1) is 0 Å². The summed E-state index contributed by atoms with van der Waals surface area (Å²) in [5.41, 5.74) is 2.35. The average molecular weight is 456 g/mol. The second-order valence-electron chi connectivity index (χ2n) is 7.75. The van der Waals surface area contributed by atoms with Crippen LogP contribution in [0.3, 0.4) is 0 Å². The molecule has 0 spiro atoms. The van der Waals surface area contributed by atoms with Crippen LogP contribution < -0.4 is 25.0 Å². The Morgan fingerprint density at radius 1 is 0.970 bits per heavy atom.